The Bertz CT molecular complexity index is 609. The van der Waals surface area contributed by atoms with E-state index in [0.29, 0.717) is 17.9 Å². The van der Waals surface area contributed by atoms with Crippen molar-refractivity contribution in [1.82, 2.24) is 9.80 Å². The highest BCUT2D eigenvalue weighted by Gasteiger charge is 2.46. The molecule has 0 aromatic heterocycles. The molecule has 3 aliphatic rings. The van der Waals surface area contributed by atoms with E-state index in [9.17, 15) is 9.90 Å². The second kappa shape index (κ2) is 6.49. The summed E-state index contributed by atoms with van der Waals surface area (Å²) in [5.74, 6) is 0.954. The molecule has 1 aromatic rings. The summed E-state index contributed by atoms with van der Waals surface area (Å²) in [5, 5.41) is 10.1. The van der Waals surface area contributed by atoms with Gasteiger partial charge in [-0.15, -0.1) is 0 Å². The van der Waals surface area contributed by atoms with E-state index in [4.69, 9.17) is 0 Å². The van der Waals surface area contributed by atoms with Crippen molar-refractivity contribution in [2.45, 2.75) is 50.7 Å². The summed E-state index contributed by atoms with van der Waals surface area (Å²) < 4.78 is 0. The summed E-state index contributed by atoms with van der Waals surface area (Å²) in [6, 6.07) is 8.90. The highest BCUT2D eigenvalue weighted by atomic mass is 16.3. The van der Waals surface area contributed by atoms with Crippen LogP contribution in [0.5, 0.6) is 0 Å². The van der Waals surface area contributed by atoms with E-state index in [1.807, 2.05) is 0 Å². The van der Waals surface area contributed by atoms with Gasteiger partial charge in [0.2, 0.25) is 5.91 Å². The first-order chi connectivity index (χ1) is 11.6. The maximum Gasteiger partial charge on any atom is 0.226 e. The predicted octanol–water partition coefficient (Wildman–Crippen LogP) is 2.16. The Morgan fingerprint density at radius 2 is 1.96 bits per heavy atom. The Morgan fingerprint density at radius 1 is 1.17 bits per heavy atom. The van der Waals surface area contributed by atoms with Crippen molar-refractivity contribution in [2.24, 2.45) is 5.92 Å². The van der Waals surface area contributed by atoms with E-state index in [-0.39, 0.29) is 12.0 Å². The van der Waals surface area contributed by atoms with Crippen molar-refractivity contribution in [3.63, 3.8) is 0 Å². The lowest BCUT2D eigenvalue weighted by Gasteiger charge is -2.39. The zero-order valence-electron chi connectivity index (χ0n) is 14.5. The first-order valence-corrected chi connectivity index (χ1v) is 9.41. The van der Waals surface area contributed by atoms with Gasteiger partial charge in [-0.1, -0.05) is 29.8 Å². The lowest BCUT2D eigenvalue weighted by Crippen LogP contribution is -2.54. The molecule has 1 amide bonds. The molecule has 1 saturated heterocycles. The van der Waals surface area contributed by atoms with Crippen LogP contribution in [-0.4, -0.2) is 59.1 Å². The van der Waals surface area contributed by atoms with Gasteiger partial charge in [0.15, 0.2) is 0 Å². The third-order valence-corrected chi connectivity index (χ3v) is 6.12. The monoisotopic (exact) mass is 328 g/mol. The highest BCUT2D eigenvalue weighted by Crippen LogP contribution is 2.48. The number of carbonyl (C=O) groups excluding carboxylic acids is 1. The van der Waals surface area contributed by atoms with Crippen LogP contribution in [0.2, 0.25) is 0 Å². The minimum atomic E-state index is -0.165. The molecule has 1 aromatic carbocycles. The fourth-order valence-corrected chi connectivity index (χ4v) is 4.59. The van der Waals surface area contributed by atoms with Crippen LogP contribution in [0.3, 0.4) is 0 Å². The van der Waals surface area contributed by atoms with Gasteiger partial charge in [0.1, 0.15) is 0 Å². The number of nitrogens with zero attached hydrogens (tertiary/aromatic N) is 2. The molecule has 4 atom stereocenters. The maximum atomic E-state index is 12.8. The maximum absolute atomic E-state index is 12.8. The van der Waals surface area contributed by atoms with Gasteiger partial charge >= 0.3 is 0 Å². The van der Waals surface area contributed by atoms with Crippen LogP contribution < -0.4 is 0 Å². The van der Waals surface area contributed by atoms with Crippen LogP contribution in [0, 0.1) is 12.8 Å². The third-order valence-electron chi connectivity index (χ3n) is 6.12. The average Bonchev–Trinajstić information content (AvgIpc) is 3.29. The highest BCUT2D eigenvalue weighted by molar-refractivity contribution is 5.83. The molecule has 4 heteroatoms. The van der Waals surface area contributed by atoms with Gasteiger partial charge in [-0.3, -0.25) is 9.69 Å². The molecule has 4 nitrogen and oxygen atoms in total. The molecular weight excluding hydrogens is 300 g/mol. The van der Waals surface area contributed by atoms with Crippen LogP contribution in [-0.2, 0) is 4.79 Å². The second-order valence-corrected chi connectivity index (χ2v) is 7.79. The van der Waals surface area contributed by atoms with E-state index in [0.717, 1.165) is 51.9 Å². The number of amides is 1. The summed E-state index contributed by atoms with van der Waals surface area (Å²) >= 11 is 0. The molecule has 0 radical (unpaired) electrons. The fraction of sp³-hybridized carbons (Fsp3) is 0.650. The number of aryl methyl sites for hydroxylation is 1. The molecule has 3 fully saturated rings. The summed E-state index contributed by atoms with van der Waals surface area (Å²) in [7, 11) is 0. The largest absolute Gasteiger partial charge is 0.391 e. The zero-order chi connectivity index (χ0) is 16.7. The SMILES string of the molecule is Cc1cccc([C@@H]2C[C@@H]2C(=O)N2CCN([C@@H]3CCC[C@@H]3O)CC2)c1. The minimum Gasteiger partial charge on any atom is -0.391 e. The quantitative estimate of drug-likeness (QED) is 0.925. The molecule has 0 unspecified atom stereocenters. The molecule has 24 heavy (non-hydrogen) atoms. The molecule has 1 aliphatic heterocycles. The molecular formula is C20H28N2O2. The lowest BCUT2D eigenvalue weighted by atomic mass is 10.1. The summed E-state index contributed by atoms with van der Waals surface area (Å²) in [4.78, 5) is 17.2. The molecule has 2 aliphatic carbocycles. The van der Waals surface area contributed by atoms with Crippen molar-refractivity contribution < 1.29 is 9.90 Å². The first kappa shape index (κ1) is 16.1. The van der Waals surface area contributed by atoms with Crippen LogP contribution >= 0.6 is 0 Å². The fourth-order valence-electron chi connectivity index (χ4n) is 4.59. The summed E-state index contributed by atoms with van der Waals surface area (Å²) in [5.41, 5.74) is 2.59. The molecule has 1 N–H and O–H groups in total. The molecule has 0 bridgehead atoms. The number of piperazine rings is 1. The molecule has 0 spiro atoms. The van der Waals surface area contributed by atoms with Gasteiger partial charge in [-0.25, -0.2) is 0 Å². The topological polar surface area (TPSA) is 43.8 Å². The van der Waals surface area contributed by atoms with Gasteiger partial charge in [0, 0.05) is 38.1 Å². The number of carbonyl (C=O) groups is 1. The van der Waals surface area contributed by atoms with Crippen LogP contribution in [0.25, 0.3) is 0 Å². The Morgan fingerprint density at radius 3 is 2.62 bits per heavy atom. The van der Waals surface area contributed by atoms with Gasteiger partial charge < -0.3 is 10.0 Å². The van der Waals surface area contributed by atoms with E-state index in [1.165, 1.54) is 11.1 Å². The van der Waals surface area contributed by atoms with E-state index < -0.39 is 0 Å². The Hall–Kier alpha value is -1.39. The van der Waals surface area contributed by atoms with Gasteiger partial charge in [-0.2, -0.15) is 0 Å². The Labute approximate surface area is 144 Å². The van der Waals surface area contributed by atoms with Crippen molar-refractivity contribution in [3.05, 3.63) is 35.4 Å². The van der Waals surface area contributed by atoms with E-state index >= 15 is 0 Å². The van der Waals surface area contributed by atoms with Crippen molar-refractivity contribution in [1.29, 1.82) is 0 Å². The predicted molar refractivity (Wildman–Crippen MR) is 93.8 cm³/mol. The third kappa shape index (κ3) is 3.09. The number of hydrogen-bond donors (Lipinski definition) is 1. The Kier molecular flexibility index (Phi) is 4.35. The van der Waals surface area contributed by atoms with Crippen LogP contribution in [0.4, 0.5) is 0 Å². The first-order valence-electron chi connectivity index (χ1n) is 9.41. The average molecular weight is 328 g/mol. The van der Waals surface area contributed by atoms with E-state index in [1.54, 1.807) is 0 Å². The summed E-state index contributed by atoms with van der Waals surface area (Å²) in [6.07, 6.45) is 4.01. The number of aliphatic hydroxyl groups excluding tert-OH is 1. The number of rotatable bonds is 3. The van der Waals surface area contributed by atoms with Gasteiger partial charge in [-0.05, 0) is 44.1 Å². The van der Waals surface area contributed by atoms with Crippen molar-refractivity contribution in [2.75, 3.05) is 26.2 Å². The van der Waals surface area contributed by atoms with Gasteiger partial charge in [0.25, 0.3) is 0 Å². The summed E-state index contributed by atoms with van der Waals surface area (Å²) in [6.45, 7) is 5.57. The standard InChI is InChI=1S/C20H28N2O2/c1-14-4-2-5-15(12-14)16-13-17(16)20(24)22-10-8-21(9-11-22)18-6-3-7-19(18)23/h2,4-5,12,16-19,23H,3,6-11,13H2,1H3/t16-,17-,18+,19-/m0/s1. The molecule has 2 saturated carbocycles. The van der Waals surface area contributed by atoms with Crippen molar-refractivity contribution in [3.8, 4) is 0 Å². The smallest absolute Gasteiger partial charge is 0.226 e. The number of benzene rings is 1. The van der Waals surface area contributed by atoms with Crippen LogP contribution in [0.1, 0.15) is 42.7 Å². The minimum absolute atomic E-state index is 0.165. The second-order valence-electron chi connectivity index (χ2n) is 7.79. The zero-order valence-corrected chi connectivity index (χ0v) is 14.5. The lowest BCUT2D eigenvalue weighted by molar-refractivity contribution is -0.135. The molecule has 130 valence electrons. The van der Waals surface area contributed by atoms with Crippen molar-refractivity contribution >= 4 is 5.91 Å². The molecule has 4 rings (SSSR count). The Balaban J connectivity index is 1.31. The molecule has 1 heterocycles. The van der Waals surface area contributed by atoms with E-state index in [2.05, 4.69) is 41.0 Å². The number of aliphatic hydroxyl groups is 1. The van der Waals surface area contributed by atoms with Crippen LogP contribution in [0.15, 0.2) is 24.3 Å². The number of hydrogen-bond acceptors (Lipinski definition) is 3. The van der Waals surface area contributed by atoms with Gasteiger partial charge in [0.05, 0.1) is 6.10 Å². The normalized spacial score (nSPS) is 33.7.